The molecular formula is C10H16ClN3O. The molecule has 1 aromatic heterocycles. The number of hydrogen-bond donors (Lipinski definition) is 0. The van der Waals surface area contributed by atoms with E-state index in [1.54, 1.807) is 19.4 Å². The second-order valence-corrected chi connectivity index (χ2v) is 3.72. The van der Waals surface area contributed by atoms with Crippen LogP contribution in [0.1, 0.15) is 13.3 Å². The summed E-state index contributed by atoms with van der Waals surface area (Å²) >= 11 is 5.70. The van der Waals surface area contributed by atoms with Gasteiger partial charge in [0, 0.05) is 38.4 Å². The average Bonchev–Trinajstić information content (AvgIpc) is 2.22. The van der Waals surface area contributed by atoms with Crippen LogP contribution >= 0.6 is 11.6 Å². The predicted molar refractivity (Wildman–Crippen MR) is 62.7 cm³/mol. The zero-order valence-electron chi connectivity index (χ0n) is 9.11. The zero-order chi connectivity index (χ0) is 11.3. The van der Waals surface area contributed by atoms with Crippen LogP contribution < -0.4 is 10.5 Å². The SMILES string of the molecule is CCCN(CCCl)c1nccn(C)c1=O. The standard InChI is InChI=1S/C10H16ClN3O/c1-3-6-14(7-4-11)9-10(15)13(2)8-5-12-9/h5,8H,3-4,6-7H2,1-2H3. The molecule has 0 unspecified atom stereocenters. The molecule has 0 spiro atoms. The maximum absolute atomic E-state index is 11.8. The van der Waals surface area contributed by atoms with Crippen LogP contribution in [0.15, 0.2) is 17.2 Å². The highest BCUT2D eigenvalue weighted by atomic mass is 35.5. The third-order valence-electron chi connectivity index (χ3n) is 2.15. The number of anilines is 1. The predicted octanol–water partition coefficient (Wildman–Crippen LogP) is 1.24. The Morgan fingerprint density at radius 2 is 2.27 bits per heavy atom. The summed E-state index contributed by atoms with van der Waals surface area (Å²) in [5.74, 6) is 0.988. The molecule has 1 aromatic rings. The van der Waals surface area contributed by atoms with E-state index < -0.39 is 0 Å². The van der Waals surface area contributed by atoms with Gasteiger partial charge >= 0.3 is 0 Å². The lowest BCUT2D eigenvalue weighted by molar-refractivity contribution is 0.749. The molecule has 0 N–H and O–H groups in total. The first kappa shape index (κ1) is 12.0. The van der Waals surface area contributed by atoms with Gasteiger partial charge in [0.25, 0.3) is 5.56 Å². The molecule has 84 valence electrons. The molecule has 0 aliphatic carbocycles. The van der Waals surface area contributed by atoms with Crippen molar-refractivity contribution in [2.75, 3.05) is 23.9 Å². The van der Waals surface area contributed by atoms with Crippen molar-refractivity contribution in [3.05, 3.63) is 22.7 Å². The van der Waals surface area contributed by atoms with Gasteiger partial charge in [0.05, 0.1) is 0 Å². The topological polar surface area (TPSA) is 38.1 Å². The zero-order valence-corrected chi connectivity index (χ0v) is 9.87. The Balaban J connectivity index is 2.99. The lowest BCUT2D eigenvalue weighted by Crippen LogP contribution is -2.34. The minimum absolute atomic E-state index is 0.0731. The van der Waals surface area contributed by atoms with Crippen molar-refractivity contribution in [2.24, 2.45) is 7.05 Å². The number of hydrogen-bond acceptors (Lipinski definition) is 3. The normalized spacial score (nSPS) is 10.3. The Morgan fingerprint density at radius 1 is 1.53 bits per heavy atom. The van der Waals surface area contributed by atoms with Crippen LogP contribution in [0.25, 0.3) is 0 Å². The number of aromatic nitrogens is 2. The number of alkyl halides is 1. The molecule has 0 saturated carbocycles. The Kier molecular flexibility index (Phi) is 4.62. The van der Waals surface area contributed by atoms with E-state index in [9.17, 15) is 4.79 Å². The van der Waals surface area contributed by atoms with Gasteiger partial charge in [-0.05, 0) is 6.42 Å². The lowest BCUT2D eigenvalue weighted by Gasteiger charge is -2.21. The summed E-state index contributed by atoms with van der Waals surface area (Å²) in [7, 11) is 1.72. The van der Waals surface area contributed by atoms with Crippen molar-refractivity contribution in [1.29, 1.82) is 0 Å². The summed E-state index contributed by atoms with van der Waals surface area (Å²) in [5.41, 5.74) is -0.0731. The van der Waals surface area contributed by atoms with Gasteiger partial charge in [-0.25, -0.2) is 4.98 Å². The van der Waals surface area contributed by atoms with E-state index in [2.05, 4.69) is 11.9 Å². The van der Waals surface area contributed by atoms with Crippen molar-refractivity contribution < 1.29 is 0 Å². The molecule has 0 aromatic carbocycles. The van der Waals surface area contributed by atoms with Crippen LogP contribution in [-0.2, 0) is 7.05 Å². The van der Waals surface area contributed by atoms with Crippen LogP contribution in [0, 0.1) is 0 Å². The summed E-state index contributed by atoms with van der Waals surface area (Å²) in [4.78, 5) is 17.8. The number of halogens is 1. The van der Waals surface area contributed by atoms with E-state index in [0.717, 1.165) is 13.0 Å². The second-order valence-electron chi connectivity index (χ2n) is 3.34. The van der Waals surface area contributed by atoms with Crippen molar-refractivity contribution in [1.82, 2.24) is 9.55 Å². The molecule has 0 aliphatic heterocycles. The third kappa shape index (κ3) is 2.96. The average molecular weight is 230 g/mol. The van der Waals surface area contributed by atoms with Crippen molar-refractivity contribution in [3.63, 3.8) is 0 Å². The van der Waals surface area contributed by atoms with Gasteiger partial charge in [-0.2, -0.15) is 0 Å². The Bertz CT molecular complexity index is 358. The van der Waals surface area contributed by atoms with Crippen LogP contribution in [-0.4, -0.2) is 28.5 Å². The monoisotopic (exact) mass is 229 g/mol. The molecule has 15 heavy (non-hydrogen) atoms. The Hall–Kier alpha value is -1.03. The van der Waals surface area contributed by atoms with Crippen LogP contribution in [0.5, 0.6) is 0 Å². The minimum atomic E-state index is -0.0731. The first-order chi connectivity index (χ1) is 7.20. The first-order valence-electron chi connectivity index (χ1n) is 5.03. The van der Waals surface area contributed by atoms with Gasteiger partial charge in [-0.1, -0.05) is 6.92 Å². The second kappa shape index (κ2) is 5.75. The molecule has 4 nitrogen and oxygen atoms in total. The van der Waals surface area contributed by atoms with E-state index in [1.807, 2.05) is 4.90 Å². The maximum atomic E-state index is 11.8. The van der Waals surface area contributed by atoms with Gasteiger partial charge in [-0.3, -0.25) is 4.79 Å². The molecule has 0 aliphatic rings. The Labute approximate surface area is 94.5 Å². The minimum Gasteiger partial charge on any atom is -0.351 e. The van der Waals surface area contributed by atoms with E-state index in [4.69, 9.17) is 11.6 Å². The quantitative estimate of drug-likeness (QED) is 0.713. The summed E-state index contributed by atoms with van der Waals surface area (Å²) in [5, 5.41) is 0. The number of nitrogens with zero attached hydrogens (tertiary/aromatic N) is 3. The fourth-order valence-corrected chi connectivity index (χ4v) is 1.60. The van der Waals surface area contributed by atoms with E-state index in [-0.39, 0.29) is 5.56 Å². The van der Waals surface area contributed by atoms with Gasteiger partial charge in [-0.15, -0.1) is 11.6 Å². The molecule has 0 saturated heterocycles. The van der Waals surface area contributed by atoms with Gasteiger partial charge < -0.3 is 9.47 Å². The highest BCUT2D eigenvalue weighted by Crippen LogP contribution is 2.04. The largest absolute Gasteiger partial charge is 0.351 e. The summed E-state index contributed by atoms with van der Waals surface area (Å²) in [6, 6.07) is 0. The molecule has 0 radical (unpaired) electrons. The molecule has 0 fully saturated rings. The highest BCUT2D eigenvalue weighted by molar-refractivity contribution is 6.18. The molecule has 0 bridgehead atoms. The van der Waals surface area contributed by atoms with Gasteiger partial charge in [0.15, 0.2) is 5.82 Å². The van der Waals surface area contributed by atoms with Crippen LogP contribution in [0.2, 0.25) is 0 Å². The van der Waals surface area contributed by atoms with Crippen molar-refractivity contribution in [3.8, 4) is 0 Å². The van der Waals surface area contributed by atoms with Gasteiger partial charge in [0.2, 0.25) is 0 Å². The maximum Gasteiger partial charge on any atom is 0.293 e. The molecule has 0 atom stereocenters. The number of aryl methyl sites for hydroxylation is 1. The van der Waals surface area contributed by atoms with E-state index >= 15 is 0 Å². The summed E-state index contributed by atoms with van der Waals surface area (Å²) in [6.07, 6.45) is 4.25. The third-order valence-corrected chi connectivity index (χ3v) is 2.32. The highest BCUT2D eigenvalue weighted by Gasteiger charge is 2.10. The van der Waals surface area contributed by atoms with Gasteiger partial charge in [0.1, 0.15) is 0 Å². The number of rotatable bonds is 5. The molecule has 0 amide bonds. The smallest absolute Gasteiger partial charge is 0.293 e. The molecule has 5 heteroatoms. The van der Waals surface area contributed by atoms with Crippen LogP contribution in [0.4, 0.5) is 5.82 Å². The fourth-order valence-electron chi connectivity index (χ4n) is 1.40. The molecular weight excluding hydrogens is 214 g/mol. The van der Waals surface area contributed by atoms with Crippen LogP contribution in [0.3, 0.4) is 0 Å². The first-order valence-corrected chi connectivity index (χ1v) is 5.56. The van der Waals surface area contributed by atoms with Crippen molar-refractivity contribution in [2.45, 2.75) is 13.3 Å². The molecule has 1 heterocycles. The molecule has 1 rings (SSSR count). The van der Waals surface area contributed by atoms with E-state index in [1.165, 1.54) is 4.57 Å². The van der Waals surface area contributed by atoms with E-state index in [0.29, 0.717) is 18.2 Å². The fraction of sp³-hybridized carbons (Fsp3) is 0.600. The lowest BCUT2D eigenvalue weighted by atomic mass is 10.4. The summed E-state index contributed by atoms with van der Waals surface area (Å²) < 4.78 is 1.53. The Morgan fingerprint density at radius 3 is 2.87 bits per heavy atom. The summed E-state index contributed by atoms with van der Waals surface area (Å²) in [6.45, 7) is 3.52. The van der Waals surface area contributed by atoms with Crippen molar-refractivity contribution >= 4 is 17.4 Å².